The van der Waals surface area contributed by atoms with Crippen molar-refractivity contribution in [1.82, 2.24) is 10.2 Å². The van der Waals surface area contributed by atoms with E-state index in [0.717, 1.165) is 22.8 Å². The second-order valence-electron chi connectivity index (χ2n) is 4.84. The maximum atomic E-state index is 11.9. The molecule has 0 radical (unpaired) electrons. The summed E-state index contributed by atoms with van der Waals surface area (Å²) in [6.07, 6.45) is 0. The molecule has 4 nitrogen and oxygen atoms in total. The molecule has 1 aromatic carbocycles. The molecular weight excluding hydrogens is 270 g/mol. The summed E-state index contributed by atoms with van der Waals surface area (Å²) in [6.45, 7) is 5.84. The van der Waals surface area contributed by atoms with Gasteiger partial charge < -0.3 is 5.32 Å². The highest BCUT2D eigenvalue weighted by molar-refractivity contribution is 7.99. The van der Waals surface area contributed by atoms with E-state index >= 15 is 0 Å². The first kappa shape index (κ1) is 14.7. The number of carbonyl (C=O) groups is 1. The maximum Gasteiger partial charge on any atom is 0.234 e. The molecule has 0 saturated carbocycles. The van der Waals surface area contributed by atoms with Gasteiger partial charge >= 0.3 is 0 Å². The van der Waals surface area contributed by atoms with Gasteiger partial charge in [-0.3, -0.25) is 9.89 Å². The van der Waals surface area contributed by atoms with E-state index < -0.39 is 0 Å². The van der Waals surface area contributed by atoms with Crippen LogP contribution in [0.3, 0.4) is 0 Å². The maximum absolute atomic E-state index is 11.9. The highest BCUT2D eigenvalue weighted by Gasteiger charge is 2.10. The van der Waals surface area contributed by atoms with E-state index in [9.17, 15) is 4.79 Å². The van der Waals surface area contributed by atoms with Crippen LogP contribution in [0.1, 0.15) is 22.5 Å². The van der Waals surface area contributed by atoms with Crippen molar-refractivity contribution in [1.29, 1.82) is 0 Å². The molecule has 106 valence electrons. The predicted octanol–water partition coefficient (Wildman–Crippen LogP) is 3.21. The van der Waals surface area contributed by atoms with Crippen LogP contribution in [0.25, 0.3) is 0 Å². The van der Waals surface area contributed by atoms with Crippen LogP contribution >= 0.6 is 11.8 Å². The molecule has 0 fully saturated rings. The second kappa shape index (κ2) is 6.61. The zero-order valence-electron chi connectivity index (χ0n) is 12.0. The molecule has 0 bridgehead atoms. The minimum atomic E-state index is 0.00899. The number of anilines is 1. The molecule has 0 spiro atoms. The summed E-state index contributed by atoms with van der Waals surface area (Å²) in [6, 6.07) is 8.39. The van der Waals surface area contributed by atoms with Crippen molar-refractivity contribution in [3.8, 4) is 0 Å². The van der Waals surface area contributed by atoms with Crippen molar-refractivity contribution in [2.24, 2.45) is 0 Å². The average Bonchev–Trinajstić information content (AvgIpc) is 2.73. The number of nitrogens with zero attached hydrogens (tertiary/aromatic N) is 1. The van der Waals surface area contributed by atoms with Gasteiger partial charge in [0.2, 0.25) is 5.91 Å². The normalized spacial score (nSPS) is 10.6. The zero-order chi connectivity index (χ0) is 14.5. The Bertz CT molecular complexity index is 570. The first-order chi connectivity index (χ1) is 9.56. The third-order valence-corrected chi connectivity index (χ3v) is 4.02. The summed E-state index contributed by atoms with van der Waals surface area (Å²) in [5.74, 6) is 1.30. The third kappa shape index (κ3) is 3.87. The predicted molar refractivity (Wildman–Crippen MR) is 84.0 cm³/mol. The number of hydrogen-bond donors (Lipinski definition) is 2. The van der Waals surface area contributed by atoms with Crippen LogP contribution in [0.4, 0.5) is 5.69 Å². The number of rotatable bonds is 5. The van der Waals surface area contributed by atoms with E-state index in [0.29, 0.717) is 5.75 Å². The van der Waals surface area contributed by atoms with Crippen molar-refractivity contribution in [3.63, 3.8) is 0 Å². The molecule has 1 amide bonds. The Balaban J connectivity index is 1.80. The third-order valence-electron chi connectivity index (χ3n) is 3.02. The largest absolute Gasteiger partial charge is 0.322 e. The van der Waals surface area contributed by atoms with Crippen LogP contribution in [0.2, 0.25) is 0 Å². The Hall–Kier alpha value is -1.75. The lowest BCUT2D eigenvalue weighted by atomic mass is 10.2. The average molecular weight is 289 g/mol. The topological polar surface area (TPSA) is 57.8 Å². The van der Waals surface area contributed by atoms with E-state index in [-0.39, 0.29) is 5.91 Å². The lowest BCUT2D eigenvalue weighted by Crippen LogP contribution is -2.15. The first-order valence-corrected chi connectivity index (χ1v) is 7.66. The number of thioether (sulfide) groups is 1. The van der Waals surface area contributed by atoms with Crippen molar-refractivity contribution in [2.75, 3.05) is 11.1 Å². The number of hydrogen-bond acceptors (Lipinski definition) is 3. The molecule has 0 aliphatic heterocycles. The summed E-state index contributed by atoms with van der Waals surface area (Å²) in [5.41, 5.74) is 5.00. The van der Waals surface area contributed by atoms with Gasteiger partial charge in [0.15, 0.2) is 0 Å². The lowest BCUT2D eigenvalue weighted by molar-refractivity contribution is -0.113. The quantitative estimate of drug-likeness (QED) is 0.888. The molecule has 0 aliphatic rings. The Labute approximate surface area is 123 Å². The molecule has 0 atom stereocenters. The van der Waals surface area contributed by atoms with Crippen LogP contribution in [-0.4, -0.2) is 21.9 Å². The second-order valence-corrected chi connectivity index (χ2v) is 5.82. The highest BCUT2D eigenvalue weighted by atomic mass is 32.2. The van der Waals surface area contributed by atoms with Crippen LogP contribution in [0, 0.1) is 20.8 Å². The number of benzene rings is 1. The molecule has 0 saturated heterocycles. The minimum Gasteiger partial charge on any atom is -0.322 e. The van der Waals surface area contributed by atoms with Gasteiger partial charge in [-0.1, -0.05) is 29.8 Å². The Morgan fingerprint density at radius 1 is 1.25 bits per heavy atom. The highest BCUT2D eigenvalue weighted by Crippen LogP contribution is 2.17. The van der Waals surface area contributed by atoms with Crippen molar-refractivity contribution >= 4 is 23.4 Å². The van der Waals surface area contributed by atoms with Gasteiger partial charge in [-0.05, 0) is 26.3 Å². The number of aryl methyl sites for hydroxylation is 3. The number of aromatic nitrogens is 2. The first-order valence-electron chi connectivity index (χ1n) is 6.51. The SMILES string of the molecule is Cc1ccc(CSCC(=O)Nc2c(C)n[nH]c2C)cc1. The van der Waals surface area contributed by atoms with Crippen LogP contribution in [0.15, 0.2) is 24.3 Å². The van der Waals surface area contributed by atoms with Crippen LogP contribution in [0.5, 0.6) is 0 Å². The molecule has 1 aromatic heterocycles. The smallest absolute Gasteiger partial charge is 0.234 e. The number of amides is 1. The van der Waals surface area contributed by atoms with Crippen LogP contribution in [-0.2, 0) is 10.5 Å². The summed E-state index contributed by atoms with van der Waals surface area (Å²) in [5, 5.41) is 9.82. The summed E-state index contributed by atoms with van der Waals surface area (Å²) in [4.78, 5) is 11.9. The number of H-pyrrole nitrogens is 1. The Morgan fingerprint density at radius 3 is 2.55 bits per heavy atom. The summed E-state index contributed by atoms with van der Waals surface area (Å²) >= 11 is 1.61. The van der Waals surface area contributed by atoms with Gasteiger partial charge in [-0.15, -0.1) is 11.8 Å². The molecule has 5 heteroatoms. The minimum absolute atomic E-state index is 0.00899. The van der Waals surface area contributed by atoms with E-state index in [1.165, 1.54) is 11.1 Å². The Morgan fingerprint density at radius 2 is 1.95 bits per heavy atom. The fourth-order valence-electron chi connectivity index (χ4n) is 1.86. The molecular formula is C15H19N3OS. The number of nitrogens with one attached hydrogen (secondary N) is 2. The van der Waals surface area contributed by atoms with E-state index in [4.69, 9.17) is 0 Å². The zero-order valence-corrected chi connectivity index (χ0v) is 12.8. The van der Waals surface area contributed by atoms with Crippen molar-refractivity contribution < 1.29 is 4.79 Å². The molecule has 2 rings (SSSR count). The molecule has 20 heavy (non-hydrogen) atoms. The van der Waals surface area contributed by atoms with Gasteiger partial charge in [-0.25, -0.2) is 0 Å². The van der Waals surface area contributed by atoms with E-state index in [2.05, 4.69) is 46.7 Å². The van der Waals surface area contributed by atoms with Crippen molar-refractivity contribution in [2.45, 2.75) is 26.5 Å². The molecule has 2 aromatic rings. The lowest BCUT2D eigenvalue weighted by Gasteiger charge is -2.05. The summed E-state index contributed by atoms with van der Waals surface area (Å²) in [7, 11) is 0. The van der Waals surface area contributed by atoms with Crippen molar-refractivity contribution in [3.05, 3.63) is 46.8 Å². The molecule has 0 unspecified atom stereocenters. The van der Waals surface area contributed by atoms with E-state index in [1.807, 2.05) is 13.8 Å². The molecule has 2 N–H and O–H groups in total. The number of carbonyl (C=O) groups excluding carboxylic acids is 1. The van der Waals surface area contributed by atoms with Crippen LogP contribution < -0.4 is 5.32 Å². The Kier molecular flexibility index (Phi) is 4.84. The summed E-state index contributed by atoms with van der Waals surface area (Å²) < 4.78 is 0. The van der Waals surface area contributed by atoms with Gasteiger partial charge in [0.05, 0.1) is 22.8 Å². The fourth-order valence-corrected chi connectivity index (χ4v) is 2.64. The monoisotopic (exact) mass is 289 g/mol. The standard InChI is InChI=1S/C15H19N3OS/c1-10-4-6-13(7-5-10)8-20-9-14(19)16-15-11(2)17-18-12(15)3/h4-7H,8-9H2,1-3H3,(H,16,19)(H,17,18). The van der Waals surface area contributed by atoms with Gasteiger partial charge in [-0.2, -0.15) is 5.10 Å². The van der Waals surface area contributed by atoms with Gasteiger partial charge in [0, 0.05) is 5.75 Å². The fraction of sp³-hybridized carbons (Fsp3) is 0.333. The van der Waals surface area contributed by atoms with Gasteiger partial charge in [0.25, 0.3) is 0 Å². The number of aromatic amines is 1. The molecule has 0 aliphatic carbocycles. The van der Waals surface area contributed by atoms with Gasteiger partial charge in [0.1, 0.15) is 0 Å². The molecule has 1 heterocycles. The van der Waals surface area contributed by atoms with E-state index in [1.54, 1.807) is 11.8 Å².